The van der Waals surface area contributed by atoms with Crippen molar-refractivity contribution >= 4 is 11.9 Å². The summed E-state index contributed by atoms with van der Waals surface area (Å²) in [5, 5.41) is 9.29. The normalized spacial score (nSPS) is 22.4. The monoisotopic (exact) mass is 277 g/mol. The van der Waals surface area contributed by atoms with Gasteiger partial charge in [0.1, 0.15) is 5.75 Å². The van der Waals surface area contributed by atoms with Crippen LogP contribution in [-0.4, -0.2) is 42.1 Å². The lowest BCUT2D eigenvalue weighted by atomic mass is 9.82. The van der Waals surface area contributed by atoms with Crippen LogP contribution in [0.25, 0.3) is 0 Å². The van der Waals surface area contributed by atoms with Gasteiger partial charge in [-0.1, -0.05) is 6.07 Å². The number of carboxylic acid groups (broad SMARTS) is 1. The molecule has 0 spiro atoms. The summed E-state index contributed by atoms with van der Waals surface area (Å²) in [4.78, 5) is 25.4. The Morgan fingerprint density at radius 3 is 2.80 bits per heavy atom. The molecule has 1 aliphatic heterocycles. The minimum Gasteiger partial charge on any atom is -0.497 e. The van der Waals surface area contributed by atoms with E-state index in [-0.39, 0.29) is 12.5 Å². The lowest BCUT2D eigenvalue weighted by Crippen LogP contribution is -2.48. The van der Waals surface area contributed by atoms with Gasteiger partial charge >= 0.3 is 5.97 Å². The highest BCUT2D eigenvalue weighted by Gasteiger charge is 2.39. The number of carboxylic acids is 1. The smallest absolute Gasteiger partial charge is 0.311 e. The van der Waals surface area contributed by atoms with Crippen LogP contribution in [0.3, 0.4) is 0 Å². The molecule has 1 N–H and O–H groups in total. The Hall–Kier alpha value is -2.04. The predicted octanol–water partition coefficient (Wildman–Crippen LogP) is 2.02. The van der Waals surface area contributed by atoms with Gasteiger partial charge in [0, 0.05) is 18.7 Å². The van der Waals surface area contributed by atoms with Crippen LogP contribution in [-0.2, 0) is 4.79 Å². The van der Waals surface area contributed by atoms with E-state index < -0.39 is 11.4 Å². The van der Waals surface area contributed by atoms with E-state index in [2.05, 4.69) is 0 Å². The molecule has 0 saturated carbocycles. The van der Waals surface area contributed by atoms with Crippen molar-refractivity contribution in [3.8, 4) is 5.75 Å². The Kier molecular flexibility index (Phi) is 3.97. The third-order valence-corrected chi connectivity index (χ3v) is 3.82. The number of hydrogen-bond donors (Lipinski definition) is 1. The van der Waals surface area contributed by atoms with Gasteiger partial charge in [0.25, 0.3) is 5.91 Å². The van der Waals surface area contributed by atoms with Crippen LogP contribution in [0.15, 0.2) is 24.3 Å². The quantitative estimate of drug-likeness (QED) is 0.918. The Morgan fingerprint density at radius 1 is 1.40 bits per heavy atom. The fraction of sp³-hybridized carbons (Fsp3) is 0.467. The van der Waals surface area contributed by atoms with Gasteiger partial charge in [-0.3, -0.25) is 9.59 Å². The molecule has 5 nitrogen and oxygen atoms in total. The predicted molar refractivity (Wildman–Crippen MR) is 73.9 cm³/mol. The van der Waals surface area contributed by atoms with E-state index in [9.17, 15) is 14.7 Å². The summed E-state index contributed by atoms with van der Waals surface area (Å²) in [5.74, 6) is -0.370. The van der Waals surface area contributed by atoms with E-state index in [0.717, 1.165) is 0 Å². The Morgan fingerprint density at radius 2 is 2.15 bits per heavy atom. The summed E-state index contributed by atoms with van der Waals surface area (Å²) >= 11 is 0. The molecule has 1 aromatic rings. The zero-order chi connectivity index (χ0) is 14.8. The van der Waals surface area contributed by atoms with Gasteiger partial charge in [0.2, 0.25) is 0 Å². The highest BCUT2D eigenvalue weighted by atomic mass is 16.5. The summed E-state index contributed by atoms with van der Waals surface area (Å²) < 4.78 is 5.11. The van der Waals surface area contributed by atoms with E-state index in [4.69, 9.17) is 4.74 Å². The van der Waals surface area contributed by atoms with Crippen molar-refractivity contribution in [3.05, 3.63) is 29.8 Å². The number of piperidine rings is 1. The minimum atomic E-state index is -0.854. The zero-order valence-electron chi connectivity index (χ0n) is 11.8. The third kappa shape index (κ3) is 2.76. The lowest BCUT2D eigenvalue weighted by molar-refractivity contribution is -0.150. The zero-order valence-corrected chi connectivity index (χ0v) is 11.8. The number of amides is 1. The Bertz CT molecular complexity index is 528. The van der Waals surface area contributed by atoms with Crippen molar-refractivity contribution < 1.29 is 19.4 Å². The molecule has 108 valence electrons. The molecule has 1 aliphatic rings. The first kappa shape index (κ1) is 14.4. The van der Waals surface area contributed by atoms with Gasteiger partial charge < -0.3 is 14.7 Å². The molecule has 1 aromatic carbocycles. The average molecular weight is 277 g/mol. The highest BCUT2D eigenvalue weighted by Crippen LogP contribution is 2.30. The fourth-order valence-electron chi connectivity index (χ4n) is 2.53. The molecule has 0 radical (unpaired) electrons. The van der Waals surface area contributed by atoms with Crippen molar-refractivity contribution in [2.45, 2.75) is 19.8 Å². The van der Waals surface area contributed by atoms with Crippen LogP contribution < -0.4 is 4.74 Å². The molecule has 0 aromatic heterocycles. The Balaban J connectivity index is 2.18. The maximum absolute atomic E-state index is 12.5. The number of carbonyl (C=O) groups is 2. The number of likely N-dealkylation sites (tertiary alicyclic amines) is 1. The van der Waals surface area contributed by atoms with Crippen LogP contribution in [0.1, 0.15) is 30.1 Å². The van der Waals surface area contributed by atoms with Crippen LogP contribution >= 0.6 is 0 Å². The number of hydrogen-bond acceptors (Lipinski definition) is 3. The average Bonchev–Trinajstić information content (AvgIpc) is 2.46. The number of carbonyl (C=O) groups excluding carboxylic acids is 1. The number of rotatable bonds is 3. The fourth-order valence-corrected chi connectivity index (χ4v) is 2.53. The molecule has 0 bridgehead atoms. The largest absolute Gasteiger partial charge is 0.497 e. The summed E-state index contributed by atoms with van der Waals surface area (Å²) in [6, 6.07) is 6.92. The van der Waals surface area contributed by atoms with E-state index in [1.807, 2.05) is 0 Å². The SMILES string of the molecule is COc1cccc(C(=O)N2CCCC(C)(C(=O)O)C2)c1. The first-order valence-electron chi connectivity index (χ1n) is 6.63. The topological polar surface area (TPSA) is 66.8 Å². The van der Waals surface area contributed by atoms with E-state index in [1.165, 1.54) is 0 Å². The molecule has 5 heteroatoms. The van der Waals surface area contributed by atoms with Crippen molar-refractivity contribution in [1.82, 2.24) is 4.90 Å². The van der Waals surface area contributed by atoms with Crippen LogP contribution in [0, 0.1) is 5.41 Å². The molecule has 0 aliphatic carbocycles. The summed E-state index contributed by atoms with van der Waals surface area (Å²) in [6.07, 6.45) is 1.31. The van der Waals surface area contributed by atoms with Gasteiger partial charge in [-0.05, 0) is 38.0 Å². The maximum Gasteiger partial charge on any atom is 0.311 e. The van der Waals surface area contributed by atoms with Crippen LogP contribution in [0.5, 0.6) is 5.75 Å². The highest BCUT2D eigenvalue weighted by molar-refractivity contribution is 5.95. The molecule has 1 amide bonds. The molecule has 20 heavy (non-hydrogen) atoms. The second kappa shape index (κ2) is 5.53. The van der Waals surface area contributed by atoms with Gasteiger partial charge in [0.05, 0.1) is 12.5 Å². The number of nitrogens with zero attached hydrogens (tertiary/aromatic N) is 1. The van der Waals surface area contributed by atoms with E-state index in [1.54, 1.807) is 43.2 Å². The Labute approximate surface area is 118 Å². The van der Waals surface area contributed by atoms with Gasteiger partial charge in [0.15, 0.2) is 0 Å². The minimum absolute atomic E-state index is 0.143. The first-order valence-corrected chi connectivity index (χ1v) is 6.63. The van der Waals surface area contributed by atoms with Gasteiger partial charge in [-0.15, -0.1) is 0 Å². The molecule has 1 fully saturated rings. The number of benzene rings is 1. The second-order valence-electron chi connectivity index (χ2n) is 5.43. The third-order valence-electron chi connectivity index (χ3n) is 3.82. The molecular formula is C15H19NO4. The standard InChI is InChI=1S/C15H19NO4/c1-15(14(18)19)7-4-8-16(10-15)13(17)11-5-3-6-12(9-11)20-2/h3,5-6,9H,4,7-8,10H2,1-2H3,(H,18,19). The number of ether oxygens (including phenoxy) is 1. The first-order chi connectivity index (χ1) is 9.46. The molecule has 2 rings (SSSR count). The van der Waals surface area contributed by atoms with Crippen molar-refractivity contribution in [3.63, 3.8) is 0 Å². The molecule has 1 unspecified atom stereocenters. The summed E-state index contributed by atoms with van der Waals surface area (Å²) in [6.45, 7) is 2.54. The van der Waals surface area contributed by atoms with Gasteiger partial charge in [-0.25, -0.2) is 0 Å². The van der Waals surface area contributed by atoms with Crippen molar-refractivity contribution in [1.29, 1.82) is 0 Å². The number of methoxy groups -OCH3 is 1. The maximum atomic E-state index is 12.5. The lowest BCUT2D eigenvalue weighted by Gasteiger charge is -2.37. The van der Waals surface area contributed by atoms with Crippen molar-refractivity contribution in [2.75, 3.05) is 20.2 Å². The van der Waals surface area contributed by atoms with E-state index in [0.29, 0.717) is 30.7 Å². The van der Waals surface area contributed by atoms with E-state index >= 15 is 0 Å². The second-order valence-corrected chi connectivity index (χ2v) is 5.43. The van der Waals surface area contributed by atoms with Gasteiger partial charge in [-0.2, -0.15) is 0 Å². The summed E-state index contributed by atoms with van der Waals surface area (Å²) in [5.41, 5.74) is -0.328. The molecule has 1 heterocycles. The van der Waals surface area contributed by atoms with Crippen LogP contribution in [0.2, 0.25) is 0 Å². The number of aliphatic carboxylic acids is 1. The molecule has 1 saturated heterocycles. The van der Waals surface area contributed by atoms with Crippen molar-refractivity contribution in [2.24, 2.45) is 5.41 Å². The molecule has 1 atom stereocenters. The van der Waals surface area contributed by atoms with Crippen LogP contribution in [0.4, 0.5) is 0 Å². The summed E-state index contributed by atoms with van der Waals surface area (Å²) in [7, 11) is 1.55. The molecular weight excluding hydrogens is 258 g/mol.